The van der Waals surface area contributed by atoms with Gasteiger partial charge in [-0.05, 0) is 42.0 Å². The molecule has 0 fully saturated rings. The first kappa shape index (κ1) is 11.2. The van der Waals surface area contributed by atoms with Gasteiger partial charge in [0, 0.05) is 0 Å². The second-order valence-electron chi connectivity index (χ2n) is 3.92. The third-order valence-electron chi connectivity index (χ3n) is 2.60. The van der Waals surface area contributed by atoms with Gasteiger partial charge in [0.05, 0.1) is 0 Å². The van der Waals surface area contributed by atoms with E-state index in [-0.39, 0.29) is 17.6 Å². The predicted molar refractivity (Wildman–Crippen MR) is 54.2 cm³/mol. The van der Waals surface area contributed by atoms with E-state index in [0.29, 0.717) is 11.5 Å². The molecule has 0 aliphatic carbocycles. The van der Waals surface area contributed by atoms with Crippen LogP contribution >= 0.6 is 0 Å². The first-order valence-corrected chi connectivity index (χ1v) is 5.01. The molecule has 78 valence electrons. The molecular formula is C12H16F2. The normalized spacial score (nSPS) is 13.3. The molecule has 0 amide bonds. The van der Waals surface area contributed by atoms with Crippen molar-refractivity contribution >= 4 is 0 Å². The number of hydrogen-bond donors (Lipinski definition) is 0. The van der Waals surface area contributed by atoms with Crippen LogP contribution in [0.2, 0.25) is 0 Å². The highest BCUT2D eigenvalue weighted by molar-refractivity contribution is 5.23. The zero-order valence-corrected chi connectivity index (χ0v) is 8.85. The Morgan fingerprint density at radius 3 is 2.36 bits per heavy atom. The van der Waals surface area contributed by atoms with Crippen LogP contribution in [0.25, 0.3) is 0 Å². The molecule has 0 bridgehead atoms. The van der Waals surface area contributed by atoms with Crippen molar-refractivity contribution < 1.29 is 8.78 Å². The van der Waals surface area contributed by atoms with E-state index < -0.39 is 0 Å². The van der Waals surface area contributed by atoms with Crippen LogP contribution in [0.15, 0.2) is 18.2 Å². The molecule has 0 heterocycles. The van der Waals surface area contributed by atoms with Crippen LogP contribution in [0.4, 0.5) is 8.78 Å². The number of rotatable bonds is 3. The van der Waals surface area contributed by atoms with Crippen molar-refractivity contribution in [3.8, 4) is 0 Å². The van der Waals surface area contributed by atoms with E-state index in [1.165, 1.54) is 12.1 Å². The van der Waals surface area contributed by atoms with Crippen molar-refractivity contribution in [1.82, 2.24) is 0 Å². The summed E-state index contributed by atoms with van der Waals surface area (Å²) in [7, 11) is 0. The van der Waals surface area contributed by atoms with Crippen LogP contribution in [0, 0.1) is 17.6 Å². The fourth-order valence-electron chi connectivity index (χ4n) is 1.85. The van der Waals surface area contributed by atoms with E-state index in [1.807, 2.05) is 20.8 Å². The molecule has 0 spiro atoms. The Kier molecular flexibility index (Phi) is 3.62. The van der Waals surface area contributed by atoms with E-state index in [0.717, 1.165) is 12.5 Å². The van der Waals surface area contributed by atoms with Crippen LogP contribution in [0.3, 0.4) is 0 Å². The summed E-state index contributed by atoms with van der Waals surface area (Å²) in [6.07, 6.45) is 0.831. The Bertz CT molecular complexity index is 305. The van der Waals surface area contributed by atoms with Crippen molar-refractivity contribution in [1.29, 1.82) is 0 Å². The zero-order chi connectivity index (χ0) is 10.7. The SMILES string of the molecule is CCC(c1cc(F)ccc1F)C(C)C. The van der Waals surface area contributed by atoms with Gasteiger partial charge >= 0.3 is 0 Å². The Balaban J connectivity index is 3.08. The Morgan fingerprint density at radius 1 is 1.21 bits per heavy atom. The highest BCUT2D eigenvalue weighted by Gasteiger charge is 2.17. The van der Waals surface area contributed by atoms with Crippen LogP contribution in [0.1, 0.15) is 38.7 Å². The molecule has 1 atom stereocenters. The predicted octanol–water partition coefficient (Wildman–Crippen LogP) is 4.11. The molecule has 1 aromatic rings. The Morgan fingerprint density at radius 2 is 1.86 bits per heavy atom. The van der Waals surface area contributed by atoms with Gasteiger partial charge in [-0.2, -0.15) is 0 Å². The lowest BCUT2D eigenvalue weighted by Gasteiger charge is -2.19. The number of benzene rings is 1. The van der Waals surface area contributed by atoms with Gasteiger partial charge in [0.1, 0.15) is 11.6 Å². The van der Waals surface area contributed by atoms with Crippen molar-refractivity contribution in [3.63, 3.8) is 0 Å². The van der Waals surface area contributed by atoms with Gasteiger partial charge in [0.2, 0.25) is 0 Å². The minimum Gasteiger partial charge on any atom is -0.207 e. The molecule has 1 rings (SSSR count). The molecule has 0 aliphatic rings. The van der Waals surface area contributed by atoms with Crippen molar-refractivity contribution in [2.45, 2.75) is 33.1 Å². The van der Waals surface area contributed by atoms with Crippen LogP contribution < -0.4 is 0 Å². The van der Waals surface area contributed by atoms with Crippen LogP contribution in [-0.4, -0.2) is 0 Å². The van der Waals surface area contributed by atoms with Gasteiger partial charge in [0.25, 0.3) is 0 Å². The molecular weight excluding hydrogens is 182 g/mol. The molecule has 1 unspecified atom stereocenters. The van der Waals surface area contributed by atoms with Gasteiger partial charge in [-0.15, -0.1) is 0 Å². The second-order valence-corrected chi connectivity index (χ2v) is 3.92. The van der Waals surface area contributed by atoms with E-state index in [2.05, 4.69) is 0 Å². The highest BCUT2D eigenvalue weighted by atomic mass is 19.1. The minimum atomic E-state index is -0.361. The number of halogens is 2. The fourth-order valence-corrected chi connectivity index (χ4v) is 1.85. The fraction of sp³-hybridized carbons (Fsp3) is 0.500. The summed E-state index contributed by atoms with van der Waals surface area (Å²) >= 11 is 0. The lowest BCUT2D eigenvalue weighted by atomic mass is 9.86. The quantitative estimate of drug-likeness (QED) is 0.685. The third kappa shape index (κ3) is 2.31. The molecule has 0 aliphatic heterocycles. The maximum absolute atomic E-state index is 13.4. The van der Waals surface area contributed by atoms with E-state index in [1.54, 1.807) is 0 Å². The topological polar surface area (TPSA) is 0 Å². The summed E-state index contributed by atoms with van der Waals surface area (Å²) in [6, 6.07) is 3.67. The van der Waals surface area contributed by atoms with E-state index in [9.17, 15) is 8.78 Å². The molecule has 0 aromatic heterocycles. The largest absolute Gasteiger partial charge is 0.207 e. The smallest absolute Gasteiger partial charge is 0.126 e. The zero-order valence-electron chi connectivity index (χ0n) is 8.85. The molecule has 0 nitrogen and oxygen atoms in total. The first-order chi connectivity index (χ1) is 6.56. The molecule has 1 aromatic carbocycles. The van der Waals surface area contributed by atoms with Crippen LogP contribution in [0.5, 0.6) is 0 Å². The van der Waals surface area contributed by atoms with Gasteiger partial charge in [-0.1, -0.05) is 20.8 Å². The Labute approximate surface area is 84.0 Å². The third-order valence-corrected chi connectivity index (χ3v) is 2.60. The van der Waals surface area contributed by atoms with E-state index >= 15 is 0 Å². The number of hydrogen-bond acceptors (Lipinski definition) is 0. The lowest BCUT2D eigenvalue weighted by Crippen LogP contribution is -2.08. The van der Waals surface area contributed by atoms with Crippen molar-refractivity contribution in [2.24, 2.45) is 5.92 Å². The minimum absolute atomic E-state index is 0.102. The van der Waals surface area contributed by atoms with Gasteiger partial charge < -0.3 is 0 Å². The molecule has 0 N–H and O–H groups in total. The average Bonchev–Trinajstić information content (AvgIpc) is 2.11. The summed E-state index contributed by atoms with van der Waals surface area (Å²) in [6.45, 7) is 6.05. The molecule has 14 heavy (non-hydrogen) atoms. The molecule has 0 radical (unpaired) electrons. The Hall–Kier alpha value is -0.920. The van der Waals surface area contributed by atoms with Gasteiger partial charge in [-0.25, -0.2) is 8.78 Å². The maximum Gasteiger partial charge on any atom is 0.126 e. The van der Waals surface area contributed by atoms with Crippen molar-refractivity contribution in [2.75, 3.05) is 0 Å². The van der Waals surface area contributed by atoms with Gasteiger partial charge in [0.15, 0.2) is 0 Å². The lowest BCUT2D eigenvalue weighted by molar-refractivity contribution is 0.457. The summed E-state index contributed by atoms with van der Waals surface area (Å²) in [5, 5.41) is 0. The summed E-state index contributed by atoms with van der Waals surface area (Å²) in [4.78, 5) is 0. The molecule has 0 saturated heterocycles. The maximum atomic E-state index is 13.4. The second kappa shape index (κ2) is 4.54. The van der Waals surface area contributed by atoms with Gasteiger partial charge in [-0.3, -0.25) is 0 Å². The first-order valence-electron chi connectivity index (χ1n) is 5.01. The monoisotopic (exact) mass is 198 g/mol. The molecule has 2 heteroatoms. The standard InChI is InChI=1S/C12H16F2/c1-4-10(8(2)3)11-7-9(13)5-6-12(11)14/h5-8,10H,4H2,1-3H3. The highest BCUT2D eigenvalue weighted by Crippen LogP contribution is 2.29. The van der Waals surface area contributed by atoms with Crippen molar-refractivity contribution in [3.05, 3.63) is 35.4 Å². The van der Waals surface area contributed by atoms with Crippen LogP contribution in [-0.2, 0) is 0 Å². The molecule has 0 saturated carbocycles. The summed E-state index contributed by atoms with van der Waals surface area (Å²) in [5.74, 6) is -0.227. The van der Waals surface area contributed by atoms with E-state index in [4.69, 9.17) is 0 Å². The summed E-state index contributed by atoms with van der Waals surface area (Å²) < 4.78 is 26.3. The average molecular weight is 198 g/mol. The summed E-state index contributed by atoms with van der Waals surface area (Å²) in [5.41, 5.74) is 0.502.